The van der Waals surface area contributed by atoms with Gasteiger partial charge in [0.15, 0.2) is 0 Å². The highest BCUT2D eigenvalue weighted by Crippen LogP contribution is 2.18. The molecule has 0 fully saturated rings. The normalized spacial score (nSPS) is 11.0. The molecule has 14 heavy (non-hydrogen) atoms. The molecule has 0 N–H and O–H groups in total. The number of aromatic nitrogens is 2. The van der Waals surface area contributed by atoms with Crippen LogP contribution in [0.25, 0.3) is 0 Å². The zero-order valence-corrected chi connectivity index (χ0v) is 10.7. The lowest BCUT2D eigenvalue weighted by Crippen LogP contribution is -2.15. The lowest BCUT2D eigenvalue weighted by atomic mass is 10.3. The van der Waals surface area contributed by atoms with E-state index in [2.05, 4.69) is 37.7 Å². The summed E-state index contributed by atoms with van der Waals surface area (Å²) in [5, 5.41) is 0. The van der Waals surface area contributed by atoms with Crippen molar-refractivity contribution in [2.24, 2.45) is 0 Å². The van der Waals surface area contributed by atoms with E-state index in [1.807, 2.05) is 21.0 Å². The average Bonchev–Trinajstić information content (AvgIpc) is 2.10. The van der Waals surface area contributed by atoms with Gasteiger partial charge in [-0.1, -0.05) is 6.92 Å². The molecule has 0 unspecified atom stereocenters. The van der Waals surface area contributed by atoms with Gasteiger partial charge < -0.3 is 4.90 Å². The maximum atomic E-state index is 4.49. The predicted octanol–water partition coefficient (Wildman–Crippen LogP) is 2.17. The summed E-state index contributed by atoms with van der Waals surface area (Å²) in [5.74, 6) is 0.896. The first-order chi connectivity index (χ1) is 6.54. The molecule has 1 rings (SSSR count). The molecule has 1 heterocycles. The molecular weight excluding hydrogens is 242 g/mol. The molecule has 0 saturated heterocycles. The van der Waals surface area contributed by atoms with Crippen molar-refractivity contribution in [3.8, 4) is 0 Å². The van der Waals surface area contributed by atoms with E-state index in [4.69, 9.17) is 0 Å². The summed E-state index contributed by atoms with van der Waals surface area (Å²) < 4.78 is 1.04. The number of rotatable bonds is 3. The Morgan fingerprint density at radius 3 is 2.43 bits per heavy atom. The van der Waals surface area contributed by atoms with Crippen LogP contribution < -0.4 is 0 Å². The van der Waals surface area contributed by atoms with Crippen molar-refractivity contribution in [2.45, 2.75) is 26.8 Å². The van der Waals surface area contributed by atoms with E-state index in [0.717, 1.165) is 34.7 Å². The van der Waals surface area contributed by atoms with E-state index < -0.39 is 0 Å². The smallest absolute Gasteiger partial charge is 0.142 e. The van der Waals surface area contributed by atoms with E-state index in [-0.39, 0.29) is 0 Å². The van der Waals surface area contributed by atoms with Gasteiger partial charge in [0.2, 0.25) is 0 Å². The Labute approximate surface area is 93.7 Å². The van der Waals surface area contributed by atoms with Crippen LogP contribution in [0.3, 0.4) is 0 Å². The van der Waals surface area contributed by atoms with Gasteiger partial charge in [-0.3, -0.25) is 0 Å². The summed E-state index contributed by atoms with van der Waals surface area (Å²) in [6.45, 7) is 4.90. The first kappa shape index (κ1) is 11.6. The van der Waals surface area contributed by atoms with Crippen LogP contribution in [0.5, 0.6) is 0 Å². The van der Waals surface area contributed by atoms with Crippen LogP contribution in [0, 0.1) is 6.92 Å². The van der Waals surface area contributed by atoms with E-state index >= 15 is 0 Å². The molecule has 0 spiro atoms. The average molecular weight is 258 g/mol. The van der Waals surface area contributed by atoms with Gasteiger partial charge in [0.1, 0.15) is 5.82 Å². The Bertz CT molecular complexity index is 323. The zero-order chi connectivity index (χ0) is 10.7. The summed E-state index contributed by atoms with van der Waals surface area (Å²) in [4.78, 5) is 11.0. The second kappa shape index (κ2) is 4.84. The van der Waals surface area contributed by atoms with Crippen LogP contribution in [0.2, 0.25) is 0 Å². The standard InChI is InChI=1S/C10H16BrN3/c1-5-8-10(11)7(2)12-9(13-8)6-14(3)4/h5-6H2,1-4H3. The minimum atomic E-state index is 0.793. The maximum Gasteiger partial charge on any atom is 0.142 e. The lowest BCUT2D eigenvalue weighted by molar-refractivity contribution is 0.389. The molecule has 0 radical (unpaired) electrons. The summed E-state index contributed by atoms with van der Waals surface area (Å²) in [5.41, 5.74) is 2.11. The van der Waals surface area contributed by atoms with Crippen molar-refractivity contribution in [3.63, 3.8) is 0 Å². The summed E-state index contributed by atoms with van der Waals surface area (Å²) in [7, 11) is 4.04. The van der Waals surface area contributed by atoms with Gasteiger partial charge in [-0.05, 0) is 43.4 Å². The van der Waals surface area contributed by atoms with Gasteiger partial charge in [0.05, 0.1) is 22.4 Å². The van der Waals surface area contributed by atoms with Crippen molar-refractivity contribution < 1.29 is 0 Å². The molecular formula is C10H16BrN3. The van der Waals surface area contributed by atoms with E-state index in [9.17, 15) is 0 Å². The van der Waals surface area contributed by atoms with Crippen molar-refractivity contribution in [1.82, 2.24) is 14.9 Å². The zero-order valence-electron chi connectivity index (χ0n) is 9.13. The maximum absolute atomic E-state index is 4.49. The SMILES string of the molecule is CCc1nc(CN(C)C)nc(C)c1Br. The van der Waals surface area contributed by atoms with Crippen LogP contribution in [0.4, 0.5) is 0 Å². The molecule has 3 nitrogen and oxygen atoms in total. The minimum Gasteiger partial charge on any atom is -0.302 e. The Kier molecular flexibility index (Phi) is 4.01. The van der Waals surface area contributed by atoms with E-state index in [0.29, 0.717) is 0 Å². The molecule has 0 saturated carbocycles. The number of halogens is 1. The second-order valence-corrected chi connectivity index (χ2v) is 4.37. The van der Waals surface area contributed by atoms with Gasteiger partial charge in [0, 0.05) is 0 Å². The van der Waals surface area contributed by atoms with Crippen molar-refractivity contribution in [3.05, 3.63) is 21.7 Å². The van der Waals surface area contributed by atoms with Crippen molar-refractivity contribution in [2.75, 3.05) is 14.1 Å². The Morgan fingerprint density at radius 1 is 1.29 bits per heavy atom. The van der Waals surface area contributed by atoms with E-state index in [1.165, 1.54) is 0 Å². The van der Waals surface area contributed by atoms with E-state index in [1.54, 1.807) is 0 Å². The molecule has 0 bridgehead atoms. The van der Waals surface area contributed by atoms with Crippen LogP contribution in [-0.4, -0.2) is 29.0 Å². The third-order valence-corrected chi connectivity index (χ3v) is 2.96. The summed E-state index contributed by atoms with van der Waals surface area (Å²) >= 11 is 3.50. The number of nitrogens with zero attached hydrogens (tertiary/aromatic N) is 3. The Hall–Kier alpha value is -0.480. The second-order valence-electron chi connectivity index (χ2n) is 3.58. The summed E-state index contributed by atoms with van der Waals surface area (Å²) in [6, 6.07) is 0. The molecule has 0 aliphatic rings. The fourth-order valence-electron chi connectivity index (χ4n) is 1.27. The van der Waals surface area contributed by atoms with Crippen molar-refractivity contribution in [1.29, 1.82) is 0 Å². The molecule has 0 aromatic carbocycles. The summed E-state index contributed by atoms with van der Waals surface area (Å²) in [6.07, 6.45) is 0.935. The number of aryl methyl sites for hydroxylation is 2. The predicted molar refractivity (Wildman–Crippen MR) is 61.2 cm³/mol. The molecule has 1 aromatic rings. The van der Waals surface area contributed by atoms with Crippen LogP contribution >= 0.6 is 15.9 Å². The molecule has 0 aliphatic carbocycles. The monoisotopic (exact) mass is 257 g/mol. The van der Waals surface area contributed by atoms with Crippen LogP contribution in [0.15, 0.2) is 4.47 Å². The van der Waals surface area contributed by atoms with Gasteiger partial charge in [-0.2, -0.15) is 0 Å². The van der Waals surface area contributed by atoms with Gasteiger partial charge in [-0.15, -0.1) is 0 Å². The largest absolute Gasteiger partial charge is 0.302 e. The highest BCUT2D eigenvalue weighted by Gasteiger charge is 2.07. The van der Waals surface area contributed by atoms with Gasteiger partial charge in [-0.25, -0.2) is 9.97 Å². The molecule has 0 atom stereocenters. The van der Waals surface area contributed by atoms with Crippen LogP contribution in [0.1, 0.15) is 24.1 Å². The molecule has 4 heteroatoms. The van der Waals surface area contributed by atoms with Gasteiger partial charge in [0.25, 0.3) is 0 Å². The van der Waals surface area contributed by atoms with Gasteiger partial charge >= 0.3 is 0 Å². The first-order valence-corrected chi connectivity index (χ1v) is 5.50. The molecule has 1 aromatic heterocycles. The number of hydrogen-bond donors (Lipinski definition) is 0. The third kappa shape index (κ3) is 2.75. The fraction of sp³-hybridized carbons (Fsp3) is 0.600. The molecule has 0 aliphatic heterocycles. The Morgan fingerprint density at radius 2 is 1.93 bits per heavy atom. The Balaban J connectivity index is 3.03. The third-order valence-electron chi connectivity index (χ3n) is 1.92. The van der Waals surface area contributed by atoms with Crippen molar-refractivity contribution >= 4 is 15.9 Å². The minimum absolute atomic E-state index is 0.793. The molecule has 0 amide bonds. The highest BCUT2D eigenvalue weighted by atomic mass is 79.9. The highest BCUT2D eigenvalue weighted by molar-refractivity contribution is 9.10. The van der Waals surface area contributed by atoms with Crippen LogP contribution in [-0.2, 0) is 13.0 Å². The fourth-order valence-corrected chi connectivity index (χ4v) is 1.73. The molecule has 78 valence electrons. The lowest BCUT2D eigenvalue weighted by Gasteiger charge is -2.11. The first-order valence-electron chi connectivity index (χ1n) is 4.71. The topological polar surface area (TPSA) is 29.0 Å². The number of hydrogen-bond acceptors (Lipinski definition) is 3. The quantitative estimate of drug-likeness (QED) is 0.832.